The molecule has 1 heterocycles. The summed E-state index contributed by atoms with van der Waals surface area (Å²) in [6, 6.07) is 6.89. The first-order chi connectivity index (χ1) is 20.1. The summed E-state index contributed by atoms with van der Waals surface area (Å²) < 4.78 is 25.1. The van der Waals surface area contributed by atoms with E-state index in [1.807, 2.05) is 0 Å². The Balaban J connectivity index is 1.38. The Morgan fingerprint density at radius 1 is 1.07 bits per heavy atom. The van der Waals surface area contributed by atoms with Crippen molar-refractivity contribution in [3.8, 4) is 0 Å². The summed E-state index contributed by atoms with van der Waals surface area (Å²) in [6.07, 6.45) is 1.91. The van der Waals surface area contributed by atoms with Crippen LogP contribution in [0.15, 0.2) is 24.3 Å². The standard InChI is InChI=1S/C32H44N2O8/c1-6-34-16-29(42-28(36)18-9-7-8-10-21(18)33-17(2)35)12-11-25(40-4)31-23(29)14-20(26(31)34)30(37)15-22(39-3)19-13-24(31)32(30,38)27(19)41-5/h7-10,19-20,22-27,37-38H,6,11-16H2,1-5H3,(H,33,35)/t19-,20-,22+,23+,24+,25+,26-,27-,29+,30-,31-,32-/m1/s1. The number of benzene rings is 1. The number of amides is 1. The van der Waals surface area contributed by atoms with Crippen molar-refractivity contribution >= 4 is 17.6 Å². The van der Waals surface area contributed by atoms with Crippen LogP contribution in [0.4, 0.5) is 5.69 Å². The summed E-state index contributed by atoms with van der Waals surface area (Å²) in [4.78, 5) is 28.3. The largest absolute Gasteiger partial charge is 0.454 e. The molecule has 10 nitrogen and oxygen atoms in total. The van der Waals surface area contributed by atoms with Gasteiger partial charge in [0.25, 0.3) is 0 Å². The summed E-state index contributed by atoms with van der Waals surface area (Å²) >= 11 is 0. The normalized spacial score (nSPS) is 48.2. The summed E-state index contributed by atoms with van der Waals surface area (Å²) in [5.74, 6) is -1.54. The van der Waals surface area contributed by atoms with Gasteiger partial charge in [-0.25, -0.2) is 4.79 Å². The summed E-state index contributed by atoms with van der Waals surface area (Å²) in [7, 11) is 5.05. The lowest BCUT2D eigenvalue weighted by atomic mass is 9.44. The number of hydrogen-bond donors (Lipinski definition) is 3. The zero-order chi connectivity index (χ0) is 29.8. The highest BCUT2D eigenvalue weighted by molar-refractivity contribution is 6.00. The van der Waals surface area contributed by atoms with E-state index in [1.54, 1.807) is 45.6 Å². The molecule has 3 N–H and O–H groups in total. The molecule has 6 aliphatic rings. The molecule has 1 saturated heterocycles. The second-order valence-corrected chi connectivity index (χ2v) is 13.7. The number of aliphatic hydroxyl groups is 2. The van der Waals surface area contributed by atoms with Crippen molar-refractivity contribution in [2.75, 3.05) is 39.7 Å². The number of rotatable bonds is 7. The van der Waals surface area contributed by atoms with E-state index in [0.29, 0.717) is 56.4 Å². The number of carbonyl (C=O) groups excluding carboxylic acids is 2. The van der Waals surface area contributed by atoms with E-state index in [4.69, 9.17) is 18.9 Å². The van der Waals surface area contributed by atoms with Crippen LogP contribution in [0.1, 0.15) is 56.3 Å². The molecule has 10 heteroatoms. The monoisotopic (exact) mass is 584 g/mol. The molecule has 12 atom stereocenters. The van der Waals surface area contributed by atoms with Gasteiger partial charge in [-0.15, -0.1) is 0 Å². The van der Waals surface area contributed by atoms with Crippen molar-refractivity contribution in [1.82, 2.24) is 4.90 Å². The van der Waals surface area contributed by atoms with E-state index in [1.165, 1.54) is 6.92 Å². The number of hydrogen-bond acceptors (Lipinski definition) is 9. The molecule has 1 aromatic rings. The minimum Gasteiger partial charge on any atom is -0.454 e. The molecule has 42 heavy (non-hydrogen) atoms. The smallest absolute Gasteiger partial charge is 0.340 e. The van der Waals surface area contributed by atoms with Crippen LogP contribution in [0.2, 0.25) is 0 Å². The maximum absolute atomic E-state index is 14.0. The number of para-hydroxylation sites is 1. The van der Waals surface area contributed by atoms with Crippen LogP contribution in [0, 0.1) is 29.1 Å². The predicted octanol–water partition coefficient (Wildman–Crippen LogP) is 2.22. The zero-order valence-electron chi connectivity index (χ0n) is 25.2. The van der Waals surface area contributed by atoms with E-state index in [0.717, 1.165) is 0 Å². The molecular formula is C32H44N2O8. The highest BCUT2D eigenvalue weighted by Crippen LogP contribution is 2.79. The Morgan fingerprint density at radius 2 is 1.83 bits per heavy atom. The van der Waals surface area contributed by atoms with E-state index < -0.39 is 34.3 Å². The number of anilines is 1. The van der Waals surface area contributed by atoms with Gasteiger partial charge in [-0.1, -0.05) is 19.1 Å². The second kappa shape index (κ2) is 9.46. The molecule has 1 amide bonds. The lowest BCUT2D eigenvalue weighted by molar-refractivity contribution is -0.337. The van der Waals surface area contributed by atoms with Gasteiger partial charge in [0.05, 0.1) is 29.6 Å². The summed E-state index contributed by atoms with van der Waals surface area (Å²) in [6.45, 7) is 4.79. The molecule has 0 radical (unpaired) electrons. The van der Waals surface area contributed by atoms with Crippen molar-refractivity contribution in [2.24, 2.45) is 29.1 Å². The third-order valence-electron chi connectivity index (χ3n) is 12.6. The molecule has 1 spiro atoms. The lowest BCUT2D eigenvalue weighted by Gasteiger charge is -2.70. The first-order valence-corrected chi connectivity index (χ1v) is 15.4. The van der Waals surface area contributed by atoms with Crippen LogP contribution in [-0.2, 0) is 23.7 Å². The Hall–Kier alpha value is -2.08. The minimum atomic E-state index is -1.48. The predicted molar refractivity (Wildman–Crippen MR) is 152 cm³/mol. The molecule has 0 unspecified atom stereocenters. The van der Waals surface area contributed by atoms with Gasteiger partial charge >= 0.3 is 5.97 Å². The first-order valence-electron chi connectivity index (χ1n) is 15.4. The Labute approximate surface area is 247 Å². The fourth-order valence-corrected chi connectivity index (χ4v) is 11.6. The topological polar surface area (TPSA) is 127 Å². The van der Waals surface area contributed by atoms with Crippen LogP contribution in [0.5, 0.6) is 0 Å². The van der Waals surface area contributed by atoms with Gasteiger partial charge in [0.2, 0.25) is 5.91 Å². The second-order valence-electron chi connectivity index (χ2n) is 13.7. The average molecular weight is 585 g/mol. The number of likely N-dealkylation sites (tertiary alicyclic amines) is 1. The summed E-state index contributed by atoms with van der Waals surface area (Å²) in [5, 5.41) is 28.4. The summed E-state index contributed by atoms with van der Waals surface area (Å²) in [5.41, 5.74) is -3.57. The number of nitrogens with one attached hydrogen (secondary N) is 1. The molecule has 1 aromatic carbocycles. The fraction of sp³-hybridized carbons (Fsp3) is 0.750. The molecule has 7 rings (SSSR count). The Morgan fingerprint density at radius 3 is 2.50 bits per heavy atom. The van der Waals surface area contributed by atoms with Gasteiger partial charge in [-0.2, -0.15) is 0 Å². The van der Waals surface area contributed by atoms with Gasteiger partial charge < -0.3 is 34.5 Å². The van der Waals surface area contributed by atoms with Crippen molar-refractivity contribution in [3.63, 3.8) is 0 Å². The number of methoxy groups -OCH3 is 3. The van der Waals surface area contributed by atoms with Crippen molar-refractivity contribution < 1.29 is 38.7 Å². The van der Waals surface area contributed by atoms with Gasteiger partial charge in [0.15, 0.2) is 0 Å². The highest BCUT2D eigenvalue weighted by atomic mass is 16.6. The van der Waals surface area contributed by atoms with E-state index in [9.17, 15) is 19.8 Å². The van der Waals surface area contributed by atoms with Crippen LogP contribution in [-0.4, -0.2) is 103 Å². The Bertz CT molecular complexity index is 1290. The number of piperidine rings is 1. The van der Waals surface area contributed by atoms with Gasteiger partial charge in [0, 0.05) is 76.3 Å². The van der Waals surface area contributed by atoms with Crippen LogP contribution in [0.3, 0.4) is 0 Å². The van der Waals surface area contributed by atoms with Gasteiger partial charge in [0.1, 0.15) is 16.8 Å². The quantitative estimate of drug-likeness (QED) is 0.414. The van der Waals surface area contributed by atoms with Gasteiger partial charge in [-0.3, -0.25) is 9.69 Å². The van der Waals surface area contributed by atoms with Crippen molar-refractivity contribution in [3.05, 3.63) is 29.8 Å². The van der Waals surface area contributed by atoms with Crippen LogP contribution < -0.4 is 5.32 Å². The number of esters is 1. The minimum absolute atomic E-state index is 0.0432. The third-order valence-corrected chi connectivity index (χ3v) is 12.6. The number of fused-ring (bicyclic) bond motifs is 2. The molecule has 6 fully saturated rings. The fourth-order valence-electron chi connectivity index (χ4n) is 11.6. The maximum Gasteiger partial charge on any atom is 0.340 e. The SMILES string of the molecule is CCN1C[C@@]2(OC(=O)c3ccccc3NC(C)=O)CC[C@H](OC)[C@@]34[C@H]1[C@@H](C[C@@H]23)[C@]1(O)C[C@H](OC)[C@H]2C[C@@H]4[C@@]1(O)[C@@H]2OC. The number of likely N-dealkylation sites (N-methyl/N-ethyl adjacent to an activating group) is 1. The molecule has 230 valence electrons. The van der Waals surface area contributed by atoms with E-state index in [-0.39, 0.29) is 47.8 Å². The first kappa shape index (κ1) is 28.7. The maximum atomic E-state index is 14.0. The van der Waals surface area contributed by atoms with Crippen molar-refractivity contribution in [1.29, 1.82) is 0 Å². The molecule has 7 bridgehead atoms. The molecule has 5 aliphatic carbocycles. The zero-order valence-corrected chi connectivity index (χ0v) is 25.2. The molecule has 0 aromatic heterocycles. The molecule has 1 aliphatic heterocycles. The Kier molecular flexibility index (Phi) is 6.46. The third kappa shape index (κ3) is 3.21. The average Bonchev–Trinajstić information content (AvgIpc) is 3.39. The van der Waals surface area contributed by atoms with Gasteiger partial charge in [-0.05, 0) is 44.4 Å². The van der Waals surface area contributed by atoms with Crippen molar-refractivity contribution in [2.45, 2.75) is 87.1 Å². The van der Waals surface area contributed by atoms with E-state index >= 15 is 0 Å². The molecule has 5 saturated carbocycles. The van der Waals surface area contributed by atoms with Crippen LogP contribution in [0.25, 0.3) is 0 Å². The van der Waals surface area contributed by atoms with Crippen LogP contribution >= 0.6 is 0 Å². The lowest BCUT2D eigenvalue weighted by Crippen LogP contribution is -2.83. The molecular weight excluding hydrogens is 540 g/mol. The number of ether oxygens (including phenoxy) is 4. The number of carbonyl (C=O) groups is 2. The highest BCUT2D eigenvalue weighted by Gasteiger charge is 2.89. The number of nitrogens with zero attached hydrogens (tertiary/aromatic N) is 1. The van der Waals surface area contributed by atoms with E-state index in [2.05, 4.69) is 17.1 Å².